The van der Waals surface area contributed by atoms with Gasteiger partial charge in [0.25, 0.3) is 0 Å². The van der Waals surface area contributed by atoms with E-state index < -0.39 is 18.0 Å². The third-order valence-electron chi connectivity index (χ3n) is 1.89. The summed E-state index contributed by atoms with van der Waals surface area (Å²) in [7, 11) is 0. The maximum Gasteiger partial charge on any atom is 0.451 e. The zero-order chi connectivity index (χ0) is 14.8. The predicted molar refractivity (Wildman–Crippen MR) is 65.6 cm³/mol. The molecule has 0 saturated carbocycles. The van der Waals surface area contributed by atoms with Crippen molar-refractivity contribution in [3.05, 3.63) is 15.2 Å². The summed E-state index contributed by atoms with van der Waals surface area (Å²) in [5.41, 5.74) is 0. The van der Waals surface area contributed by atoms with Gasteiger partial charge in [0, 0.05) is 6.04 Å². The molecule has 0 spiro atoms. The van der Waals surface area contributed by atoms with E-state index in [1.807, 2.05) is 0 Å². The van der Waals surface area contributed by atoms with Crippen LogP contribution in [0.2, 0.25) is 0 Å². The van der Waals surface area contributed by atoms with Crippen molar-refractivity contribution in [3.8, 4) is 6.07 Å². The fraction of sp³-hybridized carbons (Fsp3) is 0.444. The lowest BCUT2D eigenvalue weighted by atomic mass is 10.4. The smallest absolute Gasteiger partial charge is 0.296 e. The zero-order valence-corrected chi connectivity index (χ0v) is 12.0. The standard InChI is InChI=1S/C9H7Cl2F3N4S/c1-4(2)18-7(9(12,13)14)16-17-8(18)19-6(11)5(10)3-15/h4H,1-2H3. The topological polar surface area (TPSA) is 54.5 Å². The Bertz CT molecular complexity index is 545. The summed E-state index contributed by atoms with van der Waals surface area (Å²) in [4.78, 5) is 0. The molecule has 1 aromatic heterocycles. The summed E-state index contributed by atoms with van der Waals surface area (Å²) in [5.74, 6) is -1.12. The average molecular weight is 331 g/mol. The number of rotatable bonds is 3. The van der Waals surface area contributed by atoms with E-state index in [9.17, 15) is 13.2 Å². The quantitative estimate of drug-likeness (QED) is 0.617. The lowest BCUT2D eigenvalue weighted by molar-refractivity contribution is -0.148. The first-order valence-electron chi connectivity index (χ1n) is 4.83. The maximum absolute atomic E-state index is 12.7. The monoisotopic (exact) mass is 330 g/mol. The highest BCUT2D eigenvalue weighted by Crippen LogP contribution is 2.37. The van der Waals surface area contributed by atoms with Gasteiger partial charge in [-0.15, -0.1) is 10.2 Å². The number of hydrogen-bond acceptors (Lipinski definition) is 4. The average Bonchev–Trinajstić information content (AvgIpc) is 2.71. The molecule has 0 radical (unpaired) electrons. The highest BCUT2D eigenvalue weighted by atomic mass is 35.5. The first kappa shape index (κ1) is 16.1. The van der Waals surface area contributed by atoms with Crippen molar-refractivity contribution in [2.24, 2.45) is 0 Å². The fourth-order valence-corrected chi connectivity index (χ4v) is 2.31. The minimum Gasteiger partial charge on any atom is -0.296 e. The van der Waals surface area contributed by atoms with Gasteiger partial charge in [0.2, 0.25) is 5.82 Å². The van der Waals surface area contributed by atoms with E-state index in [2.05, 4.69) is 10.2 Å². The van der Waals surface area contributed by atoms with Gasteiger partial charge in [-0.25, -0.2) is 0 Å². The second-order valence-electron chi connectivity index (χ2n) is 3.57. The summed E-state index contributed by atoms with van der Waals surface area (Å²) in [6.07, 6.45) is -4.62. The molecule has 10 heteroatoms. The van der Waals surface area contributed by atoms with Crippen LogP contribution in [0.3, 0.4) is 0 Å². The number of allylic oxidation sites excluding steroid dienone is 1. The molecule has 0 aliphatic carbocycles. The Morgan fingerprint density at radius 2 is 1.95 bits per heavy atom. The van der Waals surface area contributed by atoms with Crippen LogP contribution in [0.4, 0.5) is 13.2 Å². The molecule has 0 aromatic carbocycles. The number of nitrogens with zero attached hydrogens (tertiary/aromatic N) is 4. The minimum atomic E-state index is -4.62. The van der Waals surface area contributed by atoms with Crippen LogP contribution in [-0.2, 0) is 6.18 Å². The van der Waals surface area contributed by atoms with Gasteiger partial charge >= 0.3 is 6.18 Å². The van der Waals surface area contributed by atoms with Gasteiger partial charge < -0.3 is 0 Å². The molecule has 19 heavy (non-hydrogen) atoms. The molecule has 0 fully saturated rings. The van der Waals surface area contributed by atoms with Gasteiger partial charge in [0.1, 0.15) is 15.5 Å². The first-order valence-corrected chi connectivity index (χ1v) is 6.41. The van der Waals surface area contributed by atoms with Crippen molar-refractivity contribution in [1.29, 1.82) is 5.26 Å². The second-order valence-corrected chi connectivity index (χ2v) is 5.53. The lowest BCUT2D eigenvalue weighted by Gasteiger charge is -2.14. The van der Waals surface area contributed by atoms with Crippen molar-refractivity contribution < 1.29 is 13.2 Å². The Morgan fingerprint density at radius 3 is 2.37 bits per heavy atom. The van der Waals surface area contributed by atoms with Gasteiger partial charge in [-0.3, -0.25) is 4.57 Å². The molecule has 1 heterocycles. The molecule has 1 rings (SSSR count). The second kappa shape index (κ2) is 6.03. The van der Waals surface area contributed by atoms with Crippen molar-refractivity contribution >= 4 is 35.0 Å². The van der Waals surface area contributed by atoms with E-state index in [1.54, 1.807) is 19.9 Å². The van der Waals surface area contributed by atoms with Crippen molar-refractivity contribution in [1.82, 2.24) is 14.8 Å². The Morgan fingerprint density at radius 1 is 1.37 bits per heavy atom. The van der Waals surface area contributed by atoms with E-state index >= 15 is 0 Å². The Balaban J connectivity index is 3.25. The molecule has 0 saturated heterocycles. The molecule has 4 nitrogen and oxygen atoms in total. The number of thioether (sulfide) groups is 1. The lowest BCUT2D eigenvalue weighted by Crippen LogP contribution is -2.17. The van der Waals surface area contributed by atoms with E-state index in [1.165, 1.54) is 0 Å². The third kappa shape index (κ3) is 3.78. The van der Waals surface area contributed by atoms with E-state index in [0.29, 0.717) is 11.8 Å². The summed E-state index contributed by atoms with van der Waals surface area (Å²) in [5, 5.41) is 14.7. The van der Waals surface area contributed by atoms with Gasteiger partial charge in [0.15, 0.2) is 5.16 Å². The van der Waals surface area contributed by atoms with Crippen molar-refractivity contribution in [2.75, 3.05) is 0 Å². The van der Waals surface area contributed by atoms with E-state index in [4.69, 9.17) is 28.5 Å². The van der Waals surface area contributed by atoms with E-state index in [-0.39, 0.29) is 14.6 Å². The molecule has 0 bridgehead atoms. The van der Waals surface area contributed by atoms with E-state index in [0.717, 1.165) is 4.57 Å². The molecule has 0 aliphatic rings. The summed E-state index contributed by atoms with van der Waals surface area (Å²) in [6.45, 7) is 3.10. The van der Waals surface area contributed by atoms with Crippen LogP contribution < -0.4 is 0 Å². The number of alkyl halides is 3. The Hall–Kier alpha value is -0.910. The third-order valence-corrected chi connectivity index (χ3v) is 3.63. The van der Waals surface area contributed by atoms with Gasteiger partial charge in [-0.1, -0.05) is 23.2 Å². The van der Waals surface area contributed by atoms with Crippen LogP contribution in [0.5, 0.6) is 0 Å². The molecule has 0 atom stereocenters. The normalized spacial score (nSPS) is 13.4. The molecule has 0 unspecified atom stereocenters. The minimum absolute atomic E-state index is 0.0827. The maximum atomic E-state index is 12.7. The highest BCUT2D eigenvalue weighted by molar-refractivity contribution is 8.04. The Kier molecular flexibility index (Phi) is 5.12. The molecule has 0 aliphatic heterocycles. The number of halogens is 5. The SMILES string of the molecule is CC(C)n1c(SC(Cl)=C(Cl)C#N)nnc1C(F)(F)F. The zero-order valence-electron chi connectivity index (χ0n) is 9.66. The van der Waals surface area contributed by atoms with Crippen LogP contribution in [0.25, 0.3) is 0 Å². The number of nitriles is 1. The molecule has 0 amide bonds. The molecular weight excluding hydrogens is 324 g/mol. The van der Waals surface area contributed by atoms with Crippen LogP contribution >= 0.6 is 35.0 Å². The number of aromatic nitrogens is 3. The van der Waals surface area contributed by atoms with Gasteiger partial charge in [-0.2, -0.15) is 18.4 Å². The first-order chi connectivity index (χ1) is 8.68. The molecular formula is C9H7Cl2F3N4S. The summed E-state index contributed by atoms with van der Waals surface area (Å²) >= 11 is 11.8. The molecule has 0 N–H and O–H groups in total. The fourth-order valence-electron chi connectivity index (χ4n) is 1.17. The summed E-state index contributed by atoms with van der Waals surface area (Å²) < 4.78 is 38.9. The van der Waals surface area contributed by atoms with Crippen LogP contribution in [0, 0.1) is 11.3 Å². The highest BCUT2D eigenvalue weighted by Gasteiger charge is 2.39. The van der Waals surface area contributed by atoms with Gasteiger partial charge in [0.05, 0.1) is 0 Å². The summed E-state index contributed by atoms with van der Waals surface area (Å²) in [6, 6.07) is 1.05. The van der Waals surface area contributed by atoms with Crippen molar-refractivity contribution in [2.45, 2.75) is 31.2 Å². The van der Waals surface area contributed by atoms with Crippen LogP contribution in [0.1, 0.15) is 25.7 Å². The van der Waals surface area contributed by atoms with Gasteiger partial charge in [-0.05, 0) is 25.6 Å². The molecule has 104 valence electrons. The Labute approximate surface area is 121 Å². The molecule has 1 aromatic rings. The number of hydrogen-bond donors (Lipinski definition) is 0. The predicted octanol–water partition coefficient (Wildman–Crippen LogP) is 4.14. The largest absolute Gasteiger partial charge is 0.451 e. The van der Waals surface area contributed by atoms with Crippen LogP contribution in [-0.4, -0.2) is 14.8 Å². The van der Waals surface area contributed by atoms with Crippen molar-refractivity contribution in [3.63, 3.8) is 0 Å². The van der Waals surface area contributed by atoms with Crippen LogP contribution in [0.15, 0.2) is 14.6 Å².